The predicted molar refractivity (Wildman–Crippen MR) is 45.8 cm³/mol. The first-order chi connectivity index (χ1) is 6.72. The van der Waals surface area contributed by atoms with Crippen LogP contribution in [0.1, 0.15) is 0 Å². The fourth-order valence-electron chi connectivity index (χ4n) is 0.709. The van der Waals surface area contributed by atoms with Crippen LogP contribution in [0.25, 0.3) is 0 Å². The molecule has 0 aromatic heterocycles. The molecule has 7 heteroatoms. The van der Waals surface area contributed by atoms with Crippen LogP contribution >= 0.6 is 15.9 Å². The van der Waals surface area contributed by atoms with Crippen molar-refractivity contribution in [2.24, 2.45) is 0 Å². The summed E-state index contributed by atoms with van der Waals surface area (Å²) >= 11 is 1.49. The van der Waals surface area contributed by atoms with Crippen LogP contribution in [-0.2, 0) is 0 Å². The number of alkyl halides is 5. The highest BCUT2D eigenvalue weighted by atomic mass is 79.9. The molecule has 0 saturated heterocycles. The molecule has 0 aliphatic rings. The molecular weight excluding hydrogens is 287 g/mol. The number of hydrogen-bond donors (Lipinski definition) is 0. The lowest BCUT2D eigenvalue weighted by molar-refractivity contribution is -0.266. The van der Waals surface area contributed by atoms with Crippen molar-refractivity contribution in [3.8, 4) is 5.75 Å². The maximum atomic E-state index is 12.6. The molecule has 0 amide bonds. The molecule has 0 bridgehead atoms. The van der Waals surface area contributed by atoms with Crippen LogP contribution in [0.3, 0.4) is 0 Å². The summed E-state index contributed by atoms with van der Waals surface area (Å²) in [4.78, 5) is -4.49. The molecule has 1 nitrogen and oxygen atoms in total. The summed E-state index contributed by atoms with van der Waals surface area (Å²) < 4.78 is 65.8. The van der Waals surface area contributed by atoms with Crippen molar-refractivity contribution in [3.63, 3.8) is 0 Å². The topological polar surface area (TPSA) is 9.23 Å². The molecule has 84 valence electrons. The number of halogens is 6. The number of rotatable bonds is 3. The molecule has 1 aromatic carbocycles. The van der Waals surface area contributed by atoms with Gasteiger partial charge in [0, 0.05) is 15.9 Å². The number of benzene rings is 1. The Bertz CT molecular complexity index is 332. The normalized spacial score (nSPS) is 12.7. The van der Waals surface area contributed by atoms with E-state index in [-0.39, 0.29) is 0 Å². The zero-order chi connectivity index (χ0) is 11.7. The Kier molecular flexibility index (Phi) is 3.22. The first-order valence-electron chi connectivity index (χ1n) is 3.61. The molecular formula is C8H4BrF5O. The lowest BCUT2D eigenvalue weighted by Gasteiger charge is -2.21. The molecule has 0 atom stereocenters. The third kappa shape index (κ3) is 3.05. The van der Waals surface area contributed by atoms with Crippen molar-refractivity contribution >= 4 is 15.9 Å². The van der Waals surface area contributed by atoms with Gasteiger partial charge in [-0.2, -0.15) is 17.6 Å². The fraction of sp³-hybridized carbons (Fsp3) is 0.250. The second kappa shape index (κ2) is 3.96. The second-order valence-electron chi connectivity index (χ2n) is 2.57. The van der Waals surface area contributed by atoms with Crippen molar-refractivity contribution in [1.82, 2.24) is 0 Å². The van der Waals surface area contributed by atoms with Crippen LogP contribution in [0.4, 0.5) is 22.0 Å². The van der Waals surface area contributed by atoms with Gasteiger partial charge in [-0.3, -0.25) is 0 Å². The van der Waals surface area contributed by atoms with E-state index in [9.17, 15) is 22.0 Å². The lowest BCUT2D eigenvalue weighted by atomic mass is 10.3. The Labute approximate surface area is 90.0 Å². The Morgan fingerprint density at radius 2 is 1.47 bits per heavy atom. The van der Waals surface area contributed by atoms with Gasteiger partial charge in [0.05, 0.1) is 0 Å². The van der Waals surface area contributed by atoms with Gasteiger partial charge in [-0.15, -0.1) is 0 Å². The quantitative estimate of drug-likeness (QED) is 0.608. The molecule has 1 aromatic rings. The van der Waals surface area contributed by atoms with E-state index in [0.29, 0.717) is 0 Å². The smallest absolute Gasteiger partial charge is 0.427 e. The summed E-state index contributed by atoms with van der Waals surface area (Å²) in [5.74, 6) is -1.24. The summed E-state index contributed by atoms with van der Waals surface area (Å²) in [6.07, 6.45) is -4.70. The Morgan fingerprint density at radius 1 is 1.00 bits per heavy atom. The molecule has 0 saturated carbocycles. The van der Waals surface area contributed by atoms with E-state index in [4.69, 9.17) is 0 Å². The molecule has 0 aliphatic carbocycles. The second-order valence-corrected chi connectivity index (χ2v) is 3.57. The monoisotopic (exact) mass is 290 g/mol. The van der Waals surface area contributed by atoms with Crippen LogP contribution in [0.2, 0.25) is 0 Å². The van der Waals surface area contributed by atoms with Crippen LogP contribution in [0, 0.1) is 5.82 Å². The molecule has 0 heterocycles. The van der Waals surface area contributed by atoms with Crippen molar-refractivity contribution in [2.45, 2.75) is 10.9 Å². The van der Waals surface area contributed by atoms with Crippen LogP contribution in [0.15, 0.2) is 24.3 Å². The van der Waals surface area contributed by atoms with E-state index in [1.165, 1.54) is 15.9 Å². The summed E-state index contributed by atoms with van der Waals surface area (Å²) in [7, 11) is 0. The van der Waals surface area contributed by atoms with Gasteiger partial charge >= 0.3 is 10.9 Å². The van der Waals surface area contributed by atoms with E-state index in [1.807, 2.05) is 0 Å². The molecule has 0 N–H and O–H groups in total. The maximum Gasteiger partial charge on any atom is 0.475 e. The van der Waals surface area contributed by atoms with Crippen molar-refractivity contribution < 1.29 is 26.7 Å². The molecule has 0 spiro atoms. The van der Waals surface area contributed by atoms with Crippen molar-refractivity contribution in [1.29, 1.82) is 0 Å². The van der Waals surface area contributed by atoms with E-state index in [1.54, 1.807) is 0 Å². The van der Waals surface area contributed by atoms with Gasteiger partial charge < -0.3 is 4.74 Å². The van der Waals surface area contributed by atoms with E-state index >= 15 is 0 Å². The van der Waals surface area contributed by atoms with Gasteiger partial charge in [0.25, 0.3) is 0 Å². The largest absolute Gasteiger partial charge is 0.475 e. The molecule has 1 rings (SSSR count). The third-order valence-electron chi connectivity index (χ3n) is 1.39. The summed E-state index contributed by atoms with van der Waals surface area (Å²) in [5, 5.41) is 0. The summed E-state index contributed by atoms with van der Waals surface area (Å²) in [6.45, 7) is 0. The van der Waals surface area contributed by atoms with Crippen LogP contribution in [0.5, 0.6) is 5.75 Å². The van der Waals surface area contributed by atoms with Crippen molar-refractivity contribution in [2.75, 3.05) is 0 Å². The van der Waals surface area contributed by atoms with E-state index < -0.39 is 22.5 Å². The SMILES string of the molecule is Fc1ccc(OC(F)(F)C(F)(F)Br)cc1. The van der Waals surface area contributed by atoms with Gasteiger partial charge in [0.1, 0.15) is 11.6 Å². The van der Waals surface area contributed by atoms with Gasteiger partial charge in [0.15, 0.2) is 0 Å². The van der Waals surface area contributed by atoms with Crippen molar-refractivity contribution in [3.05, 3.63) is 30.1 Å². The Hall–Kier alpha value is -0.850. The van der Waals surface area contributed by atoms with E-state index in [0.717, 1.165) is 24.3 Å². The minimum Gasteiger partial charge on any atom is -0.427 e. The molecule has 0 aliphatic heterocycles. The predicted octanol–water partition coefficient (Wildman–Crippen LogP) is 3.79. The van der Waals surface area contributed by atoms with Crippen LogP contribution < -0.4 is 4.74 Å². The first-order valence-corrected chi connectivity index (χ1v) is 4.41. The highest BCUT2D eigenvalue weighted by Gasteiger charge is 2.57. The van der Waals surface area contributed by atoms with Gasteiger partial charge in [-0.05, 0) is 24.3 Å². The minimum absolute atomic E-state index is 0.555. The first kappa shape index (κ1) is 12.2. The molecule has 0 fully saturated rings. The fourth-order valence-corrected chi connectivity index (χ4v) is 0.789. The van der Waals surface area contributed by atoms with Gasteiger partial charge in [0.2, 0.25) is 0 Å². The number of ether oxygens (including phenoxy) is 1. The zero-order valence-electron chi connectivity index (χ0n) is 6.99. The van der Waals surface area contributed by atoms with Gasteiger partial charge in [-0.25, -0.2) is 4.39 Å². The summed E-state index contributed by atoms with van der Waals surface area (Å²) in [6, 6.07) is 3.28. The lowest BCUT2D eigenvalue weighted by Crippen LogP contribution is -2.40. The molecule has 0 unspecified atom stereocenters. The maximum absolute atomic E-state index is 12.6. The highest BCUT2D eigenvalue weighted by molar-refractivity contribution is 9.10. The van der Waals surface area contributed by atoms with Gasteiger partial charge in [-0.1, -0.05) is 0 Å². The van der Waals surface area contributed by atoms with Crippen LogP contribution in [-0.4, -0.2) is 10.9 Å². The third-order valence-corrected chi connectivity index (χ3v) is 1.85. The number of hydrogen-bond acceptors (Lipinski definition) is 1. The zero-order valence-corrected chi connectivity index (χ0v) is 8.57. The minimum atomic E-state index is -4.70. The standard InChI is InChI=1S/C8H4BrF5O/c9-7(11,12)8(13,14)15-6-3-1-5(10)2-4-6/h1-4H. The average Bonchev–Trinajstić information content (AvgIpc) is 2.06. The highest BCUT2D eigenvalue weighted by Crippen LogP contribution is 2.40. The average molecular weight is 291 g/mol. The summed E-state index contributed by atoms with van der Waals surface area (Å²) in [5.41, 5.74) is 0. The molecule has 15 heavy (non-hydrogen) atoms. The molecule has 0 radical (unpaired) electrons. The Balaban J connectivity index is 2.82. The van der Waals surface area contributed by atoms with E-state index in [2.05, 4.69) is 4.74 Å². The Morgan fingerprint density at radius 3 is 1.87 bits per heavy atom.